The number of alkyl carbamates (subject to hydrolysis) is 1. The zero-order chi connectivity index (χ0) is 18.1. The maximum atomic E-state index is 13.8. The number of halogens is 1. The summed E-state index contributed by atoms with van der Waals surface area (Å²) in [7, 11) is 0. The smallest absolute Gasteiger partial charge is 0.408 e. The molecule has 2 rings (SSSR count). The lowest BCUT2D eigenvalue weighted by atomic mass is 10.2. The van der Waals surface area contributed by atoms with Gasteiger partial charge in [0, 0.05) is 10.6 Å². The fourth-order valence-corrected chi connectivity index (χ4v) is 2.99. The van der Waals surface area contributed by atoms with Crippen LogP contribution in [0.4, 0.5) is 14.9 Å². The summed E-state index contributed by atoms with van der Waals surface area (Å²) in [6.45, 7) is 5.08. The van der Waals surface area contributed by atoms with Gasteiger partial charge in [-0.1, -0.05) is 0 Å². The number of thioether (sulfide) groups is 1. The minimum Gasteiger partial charge on any atom is -0.478 e. The summed E-state index contributed by atoms with van der Waals surface area (Å²) in [4.78, 5) is 35.4. The molecule has 0 bridgehead atoms. The van der Waals surface area contributed by atoms with Crippen LogP contribution in [0.15, 0.2) is 17.0 Å². The number of hydrogen-bond donors (Lipinski definition) is 3. The zero-order valence-electron chi connectivity index (χ0n) is 13.3. The van der Waals surface area contributed by atoms with E-state index in [1.165, 1.54) is 0 Å². The van der Waals surface area contributed by atoms with Crippen molar-refractivity contribution in [3.05, 3.63) is 23.5 Å². The minimum atomic E-state index is -1.43. The average molecular weight is 356 g/mol. The summed E-state index contributed by atoms with van der Waals surface area (Å²) in [5.74, 6) is -2.69. The molecule has 1 aromatic rings. The quantitative estimate of drug-likeness (QED) is 0.752. The first-order chi connectivity index (χ1) is 11.1. The Labute approximate surface area is 141 Å². The van der Waals surface area contributed by atoms with Crippen molar-refractivity contribution < 1.29 is 28.6 Å². The molecule has 1 atom stereocenters. The molecule has 1 unspecified atom stereocenters. The van der Waals surface area contributed by atoms with E-state index in [9.17, 15) is 18.8 Å². The lowest BCUT2D eigenvalue weighted by Gasteiger charge is -2.22. The van der Waals surface area contributed by atoms with E-state index in [0.717, 1.165) is 23.9 Å². The summed E-state index contributed by atoms with van der Waals surface area (Å²) in [5, 5.41) is 13.9. The standard InChI is InChI=1S/C15H17FN2O5S/c1-15(2,3)23-14(22)18-10-6-24-11-5-8(16)7(13(20)21)4-9(11)17-12(10)19/h4-5,10H,6H2,1-3H3,(H,17,19)(H,18,22)(H,20,21). The van der Waals surface area contributed by atoms with Crippen LogP contribution in [-0.4, -0.2) is 40.5 Å². The van der Waals surface area contributed by atoms with Gasteiger partial charge >= 0.3 is 12.1 Å². The summed E-state index contributed by atoms with van der Waals surface area (Å²) in [5.41, 5.74) is -1.05. The van der Waals surface area contributed by atoms with E-state index >= 15 is 0 Å². The molecule has 1 aliphatic rings. The number of aromatic carboxylic acids is 1. The van der Waals surface area contributed by atoms with Crippen molar-refractivity contribution in [3.63, 3.8) is 0 Å². The van der Waals surface area contributed by atoms with E-state index in [0.29, 0.717) is 4.90 Å². The molecule has 0 spiro atoms. The van der Waals surface area contributed by atoms with Crippen molar-refractivity contribution >= 4 is 35.4 Å². The van der Waals surface area contributed by atoms with Crippen LogP contribution in [0.2, 0.25) is 0 Å². The fourth-order valence-electron chi connectivity index (χ4n) is 1.96. The highest BCUT2D eigenvalue weighted by Gasteiger charge is 2.29. The van der Waals surface area contributed by atoms with Gasteiger partial charge < -0.3 is 20.5 Å². The fraction of sp³-hybridized carbons (Fsp3) is 0.400. The molecule has 0 saturated carbocycles. The van der Waals surface area contributed by atoms with Crippen LogP contribution in [0.5, 0.6) is 0 Å². The van der Waals surface area contributed by atoms with Gasteiger partial charge in [-0.3, -0.25) is 4.79 Å². The van der Waals surface area contributed by atoms with Crippen LogP contribution in [0.25, 0.3) is 0 Å². The Hall–Kier alpha value is -2.29. The molecule has 0 aliphatic carbocycles. The number of fused-ring (bicyclic) bond motifs is 1. The number of carbonyl (C=O) groups excluding carboxylic acids is 2. The molecular formula is C15H17FN2O5S. The highest BCUT2D eigenvalue weighted by Crippen LogP contribution is 2.33. The summed E-state index contributed by atoms with van der Waals surface area (Å²) < 4.78 is 18.9. The molecular weight excluding hydrogens is 339 g/mol. The van der Waals surface area contributed by atoms with Gasteiger partial charge in [0.25, 0.3) is 0 Å². The van der Waals surface area contributed by atoms with Crippen molar-refractivity contribution in [2.45, 2.75) is 37.3 Å². The summed E-state index contributed by atoms with van der Waals surface area (Å²) in [6, 6.07) is 1.22. The second kappa shape index (κ2) is 6.68. The third-order valence-corrected chi connectivity index (χ3v) is 4.12. The Morgan fingerprint density at radius 1 is 1.42 bits per heavy atom. The first-order valence-corrected chi connectivity index (χ1v) is 8.05. The Morgan fingerprint density at radius 2 is 2.08 bits per heavy atom. The molecule has 2 amide bonds. The number of carboxylic acids is 1. The largest absolute Gasteiger partial charge is 0.478 e. The Balaban J connectivity index is 2.16. The second-order valence-electron chi connectivity index (χ2n) is 6.13. The first kappa shape index (κ1) is 18.1. The second-order valence-corrected chi connectivity index (χ2v) is 7.19. The van der Waals surface area contributed by atoms with Crippen molar-refractivity contribution in [1.82, 2.24) is 5.32 Å². The van der Waals surface area contributed by atoms with Crippen LogP contribution in [-0.2, 0) is 9.53 Å². The van der Waals surface area contributed by atoms with Gasteiger partial charge in [-0.15, -0.1) is 11.8 Å². The van der Waals surface area contributed by atoms with Gasteiger partial charge in [-0.25, -0.2) is 14.0 Å². The highest BCUT2D eigenvalue weighted by molar-refractivity contribution is 7.99. The molecule has 24 heavy (non-hydrogen) atoms. The number of carboxylic acid groups (broad SMARTS) is 1. The normalized spacial score (nSPS) is 17.3. The number of amides is 2. The van der Waals surface area contributed by atoms with Crippen LogP contribution < -0.4 is 10.6 Å². The van der Waals surface area contributed by atoms with Gasteiger partial charge in [0.05, 0.1) is 11.3 Å². The first-order valence-electron chi connectivity index (χ1n) is 7.07. The van der Waals surface area contributed by atoms with Crippen molar-refractivity contribution in [1.29, 1.82) is 0 Å². The third-order valence-electron chi connectivity index (χ3n) is 2.97. The Morgan fingerprint density at radius 3 is 2.67 bits per heavy atom. The van der Waals surface area contributed by atoms with Gasteiger partial charge in [0.2, 0.25) is 5.91 Å². The molecule has 7 nitrogen and oxygen atoms in total. The molecule has 0 fully saturated rings. The maximum Gasteiger partial charge on any atom is 0.408 e. The van der Waals surface area contributed by atoms with E-state index < -0.39 is 41.0 Å². The topological polar surface area (TPSA) is 105 Å². The van der Waals surface area contributed by atoms with Crippen molar-refractivity contribution in [2.24, 2.45) is 0 Å². The molecule has 1 aromatic carbocycles. The third kappa shape index (κ3) is 4.38. The summed E-state index contributed by atoms with van der Waals surface area (Å²) >= 11 is 1.13. The SMILES string of the molecule is CC(C)(C)OC(=O)NC1CSc2cc(F)c(C(=O)O)cc2NC1=O. The number of nitrogens with one attached hydrogen (secondary N) is 2. The van der Waals surface area contributed by atoms with Gasteiger partial charge in [-0.2, -0.15) is 0 Å². The lowest BCUT2D eigenvalue weighted by Crippen LogP contribution is -2.46. The van der Waals surface area contributed by atoms with Crippen LogP contribution in [0.3, 0.4) is 0 Å². The Bertz CT molecular complexity index is 702. The molecule has 130 valence electrons. The van der Waals surface area contributed by atoms with Crippen molar-refractivity contribution in [2.75, 3.05) is 11.1 Å². The maximum absolute atomic E-state index is 13.8. The molecule has 0 aromatic heterocycles. The average Bonchev–Trinajstić information content (AvgIpc) is 2.56. The van der Waals surface area contributed by atoms with Gasteiger partial charge in [0.1, 0.15) is 17.5 Å². The van der Waals surface area contributed by atoms with Gasteiger partial charge in [-0.05, 0) is 32.9 Å². The lowest BCUT2D eigenvalue weighted by molar-refractivity contribution is -0.117. The van der Waals surface area contributed by atoms with E-state index in [4.69, 9.17) is 9.84 Å². The van der Waals surface area contributed by atoms with Crippen molar-refractivity contribution in [3.8, 4) is 0 Å². The van der Waals surface area contributed by atoms with Crippen LogP contribution in [0, 0.1) is 5.82 Å². The minimum absolute atomic E-state index is 0.157. The molecule has 1 aliphatic heterocycles. The van der Waals surface area contributed by atoms with Crippen LogP contribution >= 0.6 is 11.8 Å². The van der Waals surface area contributed by atoms with E-state index in [-0.39, 0.29) is 11.4 Å². The zero-order valence-corrected chi connectivity index (χ0v) is 14.1. The number of ether oxygens (including phenoxy) is 1. The monoisotopic (exact) mass is 356 g/mol. The van der Waals surface area contributed by atoms with E-state index in [1.54, 1.807) is 20.8 Å². The number of anilines is 1. The molecule has 3 N–H and O–H groups in total. The summed E-state index contributed by atoms with van der Waals surface area (Å²) in [6.07, 6.45) is -0.744. The number of rotatable bonds is 2. The van der Waals surface area contributed by atoms with E-state index in [2.05, 4.69) is 10.6 Å². The van der Waals surface area contributed by atoms with Gasteiger partial charge in [0.15, 0.2) is 0 Å². The number of carbonyl (C=O) groups is 3. The molecule has 0 saturated heterocycles. The predicted molar refractivity (Wildman–Crippen MR) is 85.9 cm³/mol. The highest BCUT2D eigenvalue weighted by atomic mass is 32.2. The molecule has 9 heteroatoms. The number of hydrogen-bond acceptors (Lipinski definition) is 5. The van der Waals surface area contributed by atoms with Crippen LogP contribution in [0.1, 0.15) is 31.1 Å². The molecule has 0 radical (unpaired) electrons. The Kier molecular flexibility index (Phi) is 5.02. The molecule has 1 heterocycles. The number of benzene rings is 1. The van der Waals surface area contributed by atoms with E-state index in [1.807, 2.05) is 0 Å². The predicted octanol–water partition coefficient (Wildman–Crippen LogP) is 2.46.